The summed E-state index contributed by atoms with van der Waals surface area (Å²) >= 11 is 0. The van der Waals surface area contributed by atoms with E-state index in [1.165, 1.54) is 5.56 Å². The van der Waals surface area contributed by atoms with E-state index in [-0.39, 0.29) is 11.3 Å². The molecule has 0 aromatic heterocycles. The fourth-order valence-corrected chi connectivity index (χ4v) is 3.01. The van der Waals surface area contributed by atoms with Gasteiger partial charge in [-0.1, -0.05) is 32.9 Å². The molecule has 5 nitrogen and oxygen atoms in total. The van der Waals surface area contributed by atoms with Crippen molar-refractivity contribution < 1.29 is 9.53 Å². The predicted molar refractivity (Wildman–Crippen MR) is 97.0 cm³/mol. The van der Waals surface area contributed by atoms with Crippen molar-refractivity contribution >= 4 is 5.91 Å². The second-order valence-corrected chi connectivity index (χ2v) is 7.66. The number of carbonyl (C=O) groups excluding carboxylic acids is 1. The lowest BCUT2D eigenvalue weighted by Gasteiger charge is -2.40. The maximum atomic E-state index is 12.5. The molecule has 134 valence electrons. The van der Waals surface area contributed by atoms with Crippen LogP contribution < -0.4 is 10.5 Å². The molecule has 2 atom stereocenters. The first-order valence-electron chi connectivity index (χ1n) is 8.66. The van der Waals surface area contributed by atoms with Crippen LogP contribution in [0.1, 0.15) is 39.3 Å². The van der Waals surface area contributed by atoms with Crippen LogP contribution in [0.5, 0.6) is 5.75 Å². The van der Waals surface area contributed by atoms with Gasteiger partial charge in [-0.2, -0.15) is 0 Å². The van der Waals surface area contributed by atoms with Crippen molar-refractivity contribution in [2.24, 2.45) is 11.1 Å². The molecule has 0 saturated carbocycles. The molecular formula is C19H31N3O2. The highest BCUT2D eigenvalue weighted by atomic mass is 16.5. The van der Waals surface area contributed by atoms with E-state index in [2.05, 4.69) is 24.0 Å². The van der Waals surface area contributed by atoms with E-state index in [1.54, 1.807) is 7.11 Å². The fraction of sp³-hybridized carbons (Fsp3) is 0.632. The topological polar surface area (TPSA) is 58.8 Å². The highest BCUT2D eigenvalue weighted by Gasteiger charge is 2.33. The third kappa shape index (κ3) is 4.28. The van der Waals surface area contributed by atoms with Gasteiger partial charge < -0.3 is 15.4 Å². The number of methoxy groups -OCH3 is 1. The van der Waals surface area contributed by atoms with Crippen LogP contribution in [0.3, 0.4) is 0 Å². The van der Waals surface area contributed by atoms with E-state index >= 15 is 0 Å². The first-order valence-corrected chi connectivity index (χ1v) is 8.66. The van der Waals surface area contributed by atoms with Crippen molar-refractivity contribution in [1.82, 2.24) is 9.80 Å². The molecule has 0 bridgehead atoms. The number of hydrogen-bond donors (Lipinski definition) is 1. The van der Waals surface area contributed by atoms with Crippen molar-refractivity contribution in [2.45, 2.75) is 39.8 Å². The maximum absolute atomic E-state index is 12.5. The van der Waals surface area contributed by atoms with Crippen LogP contribution in [0.4, 0.5) is 0 Å². The molecule has 0 spiro atoms. The molecule has 2 rings (SSSR count). The zero-order valence-electron chi connectivity index (χ0n) is 15.6. The lowest BCUT2D eigenvalue weighted by Crippen LogP contribution is -2.56. The predicted octanol–water partition coefficient (Wildman–Crippen LogP) is 2.27. The number of benzene rings is 1. The Hall–Kier alpha value is -1.59. The first-order chi connectivity index (χ1) is 11.2. The normalized spacial score (nSPS) is 19.0. The molecule has 24 heavy (non-hydrogen) atoms. The summed E-state index contributed by atoms with van der Waals surface area (Å²) in [6.07, 6.45) is 0. The molecule has 5 heteroatoms. The van der Waals surface area contributed by atoms with Gasteiger partial charge in [-0.05, 0) is 30.0 Å². The number of nitrogens with zero attached hydrogens (tertiary/aromatic N) is 2. The Morgan fingerprint density at radius 1 is 1.21 bits per heavy atom. The van der Waals surface area contributed by atoms with Gasteiger partial charge in [0.1, 0.15) is 5.75 Å². The van der Waals surface area contributed by atoms with Gasteiger partial charge in [0.15, 0.2) is 0 Å². The average Bonchev–Trinajstić information content (AvgIpc) is 2.59. The second-order valence-electron chi connectivity index (χ2n) is 7.66. The van der Waals surface area contributed by atoms with E-state index in [9.17, 15) is 4.79 Å². The number of amides is 1. The highest BCUT2D eigenvalue weighted by molar-refractivity contribution is 5.82. The van der Waals surface area contributed by atoms with Crippen molar-refractivity contribution in [2.75, 3.05) is 33.3 Å². The van der Waals surface area contributed by atoms with Crippen LogP contribution in [0, 0.1) is 5.41 Å². The average molecular weight is 333 g/mol. The number of ether oxygens (including phenoxy) is 1. The Labute approximate surface area is 145 Å². The number of piperazine rings is 1. The minimum Gasteiger partial charge on any atom is -0.497 e. The molecule has 1 aromatic rings. The number of nitrogens with two attached hydrogens (primary N) is 1. The maximum Gasteiger partial charge on any atom is 0.240 e. The van der Waals surface area contributed by atoms with E-state index in [0.717, 1.165) is 31.9 Å². The molecule has 1 aliphatic heterocycles. The molecular weight excluding hydrogens is 302 g/mol. The van der Waals surface area contributed by atoms with Crippen LogP contribution >= 0.6 is 0 Å². The minimum absolute atomic E-state index is 0.0659. The minimum atomic E-state index is -0.445. The number of carbonyl (C=O) groups is 1. The Bertz CT molecular complexity index is 560. The van der Waals surface area contributed by atoms with Crippen molar-refractivity contribution in [1.29, 1.82) is 0 Å². The van der Waals surface area contributed by atoms with Gasteiger partial charge in [-0.3, -0.25) is 9.69 Å². The van der Waals surface area contributed by atoms with E-state index < -0.39 is 6.04 Å². The number of rotatable bonds is 4. The van der Waals surface area contributed by atoms with E-state index in [4.69, 9.17) is 10.5 Å². The fourth-order valence-electron chi connectivity index (χ4n) is 3.01. The Morgan fingerprint density at radius 3 is 2.38 bits per heavy atom. The SMILES string of the molecule is COc1cccc(C(C)N2CCN(C(=O)[C@@H](N)C(C)(C)C)CC2)c1. The Balaban J connectivity index is 1.95. The molecule has 0 radical (unpaired) electrons. The molecule has 1 unspecified atom stereocenters. The first kappa shape index (κ1) is 18.7. The summed E-state index contributed by atoms with van der Waals surface area (Å²) in [5.41, 5.74) is 7.15. The van der Waals surface area contributed by atoms with Gasteiger partial charge in [-0.25, -0.2) is 0 Å². The summed E-state index contributed by atoms with van der Waals surface area (Å²) in [5.74, 6) is 0.945. The zero-order valence-corrected chi connectivity index (χ0v) is 15.6. The molecule has 1 aliphatic rings. The van der Waals surface area contributed by atoms with Gasteiger partial charge in [0.25, 0.3) is 0 Å². The molecule has 1 aromatic carbocycles. The summed E-state index contributed by atoms with van der Waals surface area (Å²) < 4.78 is 5.31. The van der Waals surface area contributed by atoms with Gasteiger partial charge in [0.05, 0.1) is 13.2 Å². The highest BCUT2D eigenvalue weighted by Crippen LogP contribution is 2.25. The molecule has 1 fully saturated rings. The lowest BCUT2D eigenvalue weighted by atomic mass is 9.86. The van der Waals surface area contributed by atoms with Gasteiger partial charge >= 0.3 is 0 Å². The van der Waals surface area contributed by atoms with Crippen molar-refractivity contribution in [3.8, 4) is 5.75 Å². The molecule has 1 saturated heterocycles. The molecule has 1 heterocycles. The van der Waals surface area contributed by atoms with Crippen LogP contribution in [0.2, 0.25) is 0 Å². The van der Waals surface area contributed by atoms with E-state index in [1.807, 2.05) is 37.8 Å². The van der Waals surface area contributed by atoms with Crippen LogP contribution in [-0.2, 0) is 4.79 Å². The standard InChI is InChI=1S/C19H31N3O2/c1-14(15-7-6-8-16(13-15)24-5)21-9-11-22(12-10-21)18(23)17(20)19(2,3)4/h6-8,13-14,17H,9-12,20H2,1-5H3/t14?,17-/m1/s1. The smallest absolute Gasteiger partial charge is 0.240 e. The molecule has 0 aliphatic carbocycles. The summed E-state index contributed by atoms with van der Waals surface area (Å²) in [6, 6.07) is 8.04. The van der Waals surface area contributed by atoms with Crippen LogP contribution in [0.15, 0.2) is 24.3 Å². The Kier molecular flexibility index (Phi) is 5.88. The quantitative estimate of drug-likeness (QED) is 0.918. The lowest BCUT2D eigenvalue weighted by molar-refractivity contribution is -0.137. The largest absolute Gasteiger partial charge is 0.497 e. The third-order valence-electron chi connectivity index (χ3n) is 4.95. The second kappa shape index (κ2) is 7.53. The summed E-state index contributed by atoms with van der Waals surface area (Å²) in [7, 11) is 1.69. The van der Waals surface area contributed by atoms with Crippen molar-refractivity contribution in [3.05, 3.63) is 29.8 Å². The molecule has 1 amide bonds. The van der Waals surface area contributed by atoms with E-state index in [0.29, 0.717) is 6.04 Å². The third-order valence-corrected chi connectivity index (χ3v) is 4.95. The van der Waals surface area contributed by atoms with Crippen molar-refractivity contribution in [3.63, 3.8) is 0 Å². The summed E-state index contributed by atoms with van der Waals surface area (Å²) in [6.45, 7) is 11.4. The van der Waals surface area contributed by atoms with Crippen LogP contribution in [0.25, 0.3) is 0 Å². The summed E-state index contributed by atoms with van der Waals surface area (Å²) in [5, 5.41) is 0. The monoisotopic (exact) mass is 333 g/mol. The van der Waals surface area contributed by atoms with Gasteiger partial charge in [0.2, 0.25) is 5.91 Å². The summed E-state index contributed by atoms with van der Waals surface area (Å²) in [4.78, 5) is 16.9. The zero-order chi connectivity index (χ0) is 17.9. The van der Waals surface area contributed by atoms with Crippen LogP contribution in [-0.4, -0.2) is 55.0 Å². The number of hydrogen-bond acceptors (Lipinski definition) is 4. The van der Waals surface area contributed by atoms with Gasteiger partial charge in [0, 0.05) is 32.2 Å². The molecule has 2 N–H and O–H groups in total. The Morgan fingerprint density at radius 2 is 1.83 bits per heavy atom. The van der Waals surface area contributed by atoms with Gasteiger partial charge in [-0.15, -0.1) is 0 Å².